The Labute approximate surface area is 320 Å². The number of carbonyl (C=O) groups excluding carboxylic acids is 3. The molecule has 7 rings (SSSR count). The average molecular weight is 780 g/mol. The van der Waals surface area contributed by atoms with Crippen LogP contribution in [-0.2, 0) is 28.9 Å². The van der Waals surface area contributed by atoms with E-state index in [9.17, 15) is 22.8 Å². The lowest BCUT2D eigenvalue weighted by atomic mass is 9.93. The van der Waals surface area contributed by atoms with E-state index in [1.54, 1.807) is 26.0 Å². The predicted octanol–water partition coefficient (Wildman–Crippen LogP) is 5.58. The number of aromatic nitrogens is 2. The van der Waals surface area contributed by atoms with E-state index in [0.717, 1.165) is 40.9 Å². The van der Waals surface area contributed by atoms with Gasteiger partial charge in [0.15, 0.2) is 0 Å². The highest BCUT2D eigenvalue weighted by molar-refractivity contribution is 7.85. The Morgan fingerprint density at radius 3 is 2.57 bits per heavy atom. The van der Waals surface area contributed by atoms with Gasteiger partial charge in [-0.25, -0.2) is 18.9 Å². The lowest BCUT2D eigenvalue weighted by Crippen LogP contribution is -2.54. The van der Waals surface area contributed by atoms with Crippen molar-refractivity contribution < 1.29 is 36.5 Å². The standard InChI is InChI=1S/C39H49N5O8S2/c1-22(2)30-21-53-35(41-30)29-19-32(26-12-13-31(50-6)23(3)33(26)40-29)51-25-17-27-28(18-25)36(46)44(5)16-10-8-7-9-11-24-20-39(24,42-34(27)45)37(47)43-54(48,49)52-38(4)14-15-38/h9,11-13,19,21-22,24-25,27-28H,7-8,10,14-18,20H2,1-6H3,(H,42,45)(H,43,47)/b11-9-/t24-,25-,27-,28-,39-/m1/s1. The number of carbonyl (C=O) groups is 3. The first-order valence-corrected chi connectivity index (χ1v) is 21.0. The Balaban J connectivity index is 1.20. The highest BCUT2D eigenvalue weighted by Crippen LogP contribution is 2.48. The topological polar surface area (TPSA) is 166 Å². The second-order valence-electron chi connectivity index (χ2n) is 15.8. The van der Waals surface area contributed by atoms with Crippen LogP contribution in [0.2, 0.25) is 0 Å². The first kappa shape index (κ1) is 38.2. The van der Waals surface area contributed by atoms with Crippen LogP contribution in [0.4, 0.5) is 0 Å². The molecule has 1 aliphatic heterocycles. The molecular formula is C39H49N5O8S2. The molecule has 3 amide bonds. The molecule has 0 spiro atoms. The molecule has 0 radical (unpaired) electrons. The maximum atomic E-state index is 14.3. The molecule has 54 heavy (non-hydrogen) atoms. The van der Waals surface area contributed by atoms with E-state index < -0.39 is 57.1 Å². The van der Waals surface area contributed by atoms with E-state index in [2.05, 4.69) is 23.9 Å². The molecule has 0 saturated heterocycles. The minimum Gasteiger partial charge on any atom is -0.496 e. The number of rotatable bonds is 9. The number of amides is 3. The summed E-state index contributed by atoms with van der Waals surface area (Å²) in [5.41, 5.74) is 0.824. The van der Waals surface area contributed by atoms with Gasteiger partial charge in [-0.3, -0.25) is 14.4 Å². The highest BCUT2D eigenvalue weighted by Gasteiger charge is 2.62. The Kier molecular flexibility index (Phi) is 10.3. The van der Waals surface area contributed by atoms with E-state index in [1.807, 2.05) is 42.7 Å². The maximum Gasteiger partial charge on any atom is 0.362 e. The van der Waals surface area contributed by atoms with Crippen molar-refractivity contribution in [3.8, 4) is 22.2 Å². The first-order valence-electron chi connectivity index (χ1n) is 18.7. The summed E-state index contributed by atoms with van der Waals surface area (Å²) in [5.74, 6) is -1.99. The molecule has 290 valence electrons. The third-order valence-corrected chi connectivity index (χ3v) is 13.2. The number of ether oxygens (including phenoxy) is 2. The summed E-state index contributed by atoms with van der Waals surface area (Å²) in [6.45, 7) is 8.33. The number of nitrogens with one attached hydrogen (secondary N) is 2. The Morgan fingerprint density at radius 1 is 1.11 bits per heavy atom. The molecular weight excluding hydrogens is 731 g/mol. The summed E-state index contributed by atoms with van der Waals surface area (Å²) in [5, 5.41) is 6.46. The molecule has 0 bridgehead atoms. The Bertz CT molecular complexity index is 2110. The molecule has 0 unspecified atom stereocenters. The van der Waals surface area contributed by atoms with Crippen molar-refractivity contribution in [2.75, 3.05) is 20.7 Å². The number of hydrogen-bond acceptors (Lipinski definition) is 11. The van der Waals surface area contributed by atoms with E-state index in [4.69, 9.17) is 23.6 Å². The number of methoxy groups -OCH3 is 1. The van der Waals surface area contributed by atoms with Gasteiger partial charge in [0.25, 0.3) is 5.91 Å². The molecule has 1 aromatic carbocycles. The normalized spacial score (nSPS) is 27.4. The van der Waals surface area contributed by atoms with Crippen LogP contribution in [0.25, 0.3) is 21.6 Å². The van der Waals surface area contributed by atoms with Crippen LogP contribution in [0.3, 0.4) is 0 Å². The zero-order valence-corrected chi connectivity index (χ0v) is 33.3. The number of allylic oxidation sites excluding steroid dienone is 1. The number of hydrogen-bond donors (Lipinski definition) is 2. The molecule has 15 heteroatoms. The zero-order chi connectivity index (χ0) is 38.6. The van der Waals surface area contributed by atoms with Gasteiger partial charge in [0.05, 0.1) is 35.8 Å². The first-order chi connectivity index (χ1) is 25.6. The van der Waals surface area contributed by atoms with Crippen molar-refractivity contribution in [2.45, 2.75) is 102 Å². The van der Waals surface area contributed by atoms with Crippen molar-refractivity contribution in [3.05, 3.63) is 47.0 Å². The summed E-state index contributed by atoms with van der Waals surface area (Å²) >= 11 is 1.51. The average Bonchev–Trinajstić information content (AvgIpc) is 3.84. The Hall–Kier alpha value is -4.08. The largest absolute Gasteiger partial charge is 0.496 e. The van der Waals surface area contributed by atoms with Gasteiger partial charge in [-0.15, -0.1) is 11.3 Å². The van der Waals surface area contributed by atoms with Gasteiger partial charge in [0.2, 0.25) is 11.8 Å². The fourth-order valence-electron chi connectivity index (χ4n) is 7.62. The van der Waals surface area contributed by atoms with Crippen molar-refractivity contribution in [3.63, 3.8) is 0 Å². The number of aryl methyl sites for hydroxylation is 1. The fraction of sp³-hybridized carbons (Fsp3) is 0.564. The SMILES string of the molecule is COc1ccc2c(O[C@@H]3C[C@H]4C(=O)N[C@]5(C(=O)NS(=O)(=O)OC6(C)CC6)C[C@H]5/C=C\CCCCN(C)C(=O)[C@@H]4C3)cc(-c3nc(C(C)C)cs3)nc2c1C. The molecule has 3 aliphatic carbocycles. The molecule has 3 aromatic rings. The van der Waals surface area contributed by atoms with Crippen molar-refractivity contribution in [1.82, 2.24) is 24.9 Å². The van der Waals surface area contributed by atoms with Gasteiger partial charge in [-0.2, -0.15) is 8.42 Å². The number of fused-ring (bicyclic) bond motifs is 3. The van der Waals surface area contributed by atoms with Crippen LogP contribution < -0.4 is 19.5 Å². The van der Waals surface area contributed by atoms with Crippen LogP contribution in [0.1, 0.15) is 89.3 Å². The van der Waals surface area contributed by atoms with Crippen LogP contribution in [0.15, 0.2) is 35.7 Å². The van der Waals surface area contributed by atoms with Crippen molar-refractivity contribution >= 4 is 50.3 Å². The van der Waals surface area contributed by atoms with Gasteiger partial charge >= 0.3 is 10.3 Å². The van der Waals surface area contributed by atoms with E-state index >= 15 is 0 Å². The molecule has 13 nitrogen and oxygen atoms in total. The summed E-state index contributed by atoms with van der Waals surface area (Å²) in [6, 6.07) is 5.64. The van der Waals surface area contributed by atoms with E-state index in [0.29, 0.717) is 42.1 Å². The van der Waals surface area contributed by atoms with Gasteiger partial charge in [-0.1, -0.05) is 26.0 Å². The fourth-order valence-corrected chi connectivity index (χ4v) is 9.70. The van der Waals surface area contributed by atoms with Crippen molar-refractivity contribution in [1.29, 1.82) is 0 Å². The lowest BCUT2D eigenvalue weighted by molar-refractivity contribution is -0.140. The minimum absolute atomic E-state index is 0.168. The summed E-state index contributed by atoms with van der Waals surface area (Å²) in [7, 11) is -1.05. The molecule has 3 heterocycles. The number of thiazole rings is 1. The third-order valence-electron chi connectivity index (χ3n) is 11.3. The van der Waals surface area contributed by atoms with Gasteiger partial charge < -0.3 is 19.7 Å². The third kappa shape index (κ3) is 7.72. The van der Waals surface area contributed by atoms with Gasteiger partial charge in [-0.05, 0) is 83.3 Å². The molecule has 5 atom stereocenters. The molecule has 4 aliphatic rings. The summed E-state index contributed by atoms with van der Waals surface area (Å²) in [4.78, 5) is 53.7. The highest BCUT2D eigenvalue weighted by atomic mass is 32.2. The molecule has 2 aromatic heterocycles. The predicted molar refractivity (Wildman–Crippen MR) is 204 cm³/mol. The van der Waals surface area contributed by atoms with E-state index in [1.165, 1.54) is 11.3 Å². The van der Waals surface area contributed by atoms with Crippen LogP contribution >= 0.6 is 11.3 Å². The zero-order valence-electron chi connectivity index (χ0n) is 31.6. The second-order valence-corrected chi connectivity index (χ2v) is 18.0. The molecule has 3 fully saturated rings. The number of benzene rings is 1. The Morgan fingerprint density at radius 2 is 1.87 bits per heavy atom. The second kappa shape index (κ2) is 14.5. The minimum atomic E-state index is -4.42. The number of nitrogens with zero attached hydrogens (tertiary/aromatic N) is 3. The quantitative estimate of drug-likeness (QED) is 0.262. The maximum absolute atomic E-state index is 14.3. The monoisotopic (exact) mass is 779 g/mol. The summed E-state index contributed by atoms with van der Waals surface area (Å²) < 4.78 is 45.4. The van der Waals surface area contributed by atoms with E-state index in [-0.39, 0.29) is 31.1 Å². The number of pyridine rings is 1. The van der Waals surface area contributed by atoms with Crippen molar-refractivity contribution in [2.24, 2.45) is 17.8 Å². The lowest BCUT2D eigenvalue weighted by Gasteiger charge is -2.26. The van der Waals surface area contributed by atoms with Crippen LogP contribution in [0, 0.1) is 24.7 Å². The molecule has 2 N–H and O–H groups in total. The van der Waals surface area contributed by atoms with Gasteiger partial charge in [0.1, 0.15) is 33.8 Å². The van der Waals surface area contributed by atoms with Gasteiger partial charge in [0, 0.05) is 41.9 Å². The van der Waals surface area contributed by atoms with Crippen LogP contribution in [-0.4, -0.2) is 79.0 Å². The van der Waals surface area contributed by atoms with Crippen LogP contribution in [0.5, 0.6) is 11.5 Å². The summed E-state index contributed by atoms with van der Waals surface area (Å²) in [6.07, 6.45) is 7.46. The molecule has 3 saturated carbocycles. The smallest absolute Gasteiger partial charge is 0.362 e.